The number of carbonyl (C=O) groups excluding carboxylic acids is 1. The largest absolute Gasteiger partial charge is 0.345 e. The number of carbonyl (C=O) groups is 1. The maximum atomic E-state index is 11.9. The summed E-state index contributed by atoms with van der Waals surface area (Å²) in [5.41, 5.74) is 3.53. The van der Waals surface area contributed by atoms with Crippen molar-refractivity contribution in [3.63, 3.8) is 0 Å². The molecular weight excluding hydrogens is 234 g/mol. The topological polar surface area (TPSA) is 20.3 Å². The van der Waals surface area contributed by atoms with E-state index in [0.717, 1.165) is 24.1 Å². The van der Waals surface area contributed by atoms with Crippen molar-refractivity contribution in [2.75, 3.05) is 13.6 Å². The molecule has 1 aromatic rings. The Morgan fingerprint density at radius 1 is 1.32 bits per heavy atom. The van der Waals surface area contributed by atoms with Crippen LogP contribution in [0, 0.1) is 0 Å². The van der Waals surface area contributed by atoms with E-state index < -0.39 is 0 Å². The lowest BCUT2D eigenvalue weighted by Crippen LogP contribution is -2.32. The lowest BCUT2D eigenvalue weighted by Gasteiger charge is -2.26. The third-order valence-corrected chi connectivity index (χ3v) is 3.40. The maximum absolute atomic E-state index is 11.9. The van der Waals surface area contributed by atoms with E-state index in [4.69, 9.17) is 0 Å². The fourth-order valence-corrected chi connectivity index (χ4v) is 2.26. The zero-order valence-electron chi connectivity index (χ0n) is 11.3. The Bertz CT molecular complexity index is 525. The molecule has 2 rings (SSSR count). The van der Waals surface area contributed by atoms with Gasteiger partial charge in [-0.3, -0.25) is 4.79 Å². The smallest absolute Gasteiger partial charge is 0.226 e. The average molecular weight is 253 g/mol. The Morgan fingerprint density at radius 2 is 2.05 bits per heavy atom. The van der Waals surface area contributed by atoms with Gasteiger partial charge in [0.15, 0.2) is 0 Å². The molecular formula is C17H19NO. The van der Waals surface area contributed by atoms with Crippen LogP contribution >= 0.6 is 0 Å². The second-order valence-electron chi connectivity index (χ2n) is 4.72. The highest BCUT2D eigenvalue weighted by atomic mass is 16.2. The van der Waals surface area contributed by atoms with E-state index in [2.05, 4.69) is 24.8 Å². The van der Waals surface area contributed by atoms with Crippen molar-refractivity contribution in [3.8, 4) is 0 Å². The van der Waals surface area contributed by atoms with Crippen LogP contribution in [0.15, 0.2) is 60.7 Å². The molecule has 0 saturated carbocycles. The van der Waals surface area contributed by atoms with Gasteiger partial charge in [0, 0.05) is 20.0 Å². The van der Waals surface area contributed by atoms with Gasteiger partial charge in [0.2, 0.25) is 5.91 Å². The molecule has 1 amide bonds. The van der Waals surface area contributed by atoms with Crippen LogP contribution in [-0.2, 0) is 4.79 Å². The summed E-state index contributed by atoms with van der Waals surface area (Å²) in [6.07, 6.45) is 7.20. The SMILES string of the molecule is C=C/C=C\C(=C1\CCN(C)C(=O)C1)c1ccccc1. The van der Waals surface area contributed by atoms with E-state index >= 15 is 0 Å². The first-order chi connectivity index (χ1) is 9.22. The minimum atomic E-state index is 0.196. The van der Waals surface area contributed by atoms with E-state index in [1.807, 2.05) is 31.3 Å². The van der Waals surface area contributed by atoms with Crippen molar-refractivity contribution >= 4 is 11.5 Å². The van der Waals surface area contributed by atoms with Gasteiger partial charge in [-0.2, -0.15) is 0 Å². The summed E-state index contributed by atoms with van der Waals surface area (Å²) in [6.45, 7) is 4.51. The van der Waals surface area contributed by atoms with Crippen LogP contribution < -0.4 is 0 Å². The average Bonchev–Trinajstić information content (AvgIpc) is 2.44. The molecule has 0 aliphatic carbocycles. The Morgan fingerprint density at radius 3 is 2.68 bits per heavy atom. The molecule has 0 unspecified atom stereocenters. The van der Waals surface area contributed by atoms with Gasteiger partial charge in [0.1, 0.15) is 0 Å². The predicted molar refractivity (Wildman–Crippen MR) is 79.6 cm³/mol. The van der Waals surface area contributed by atoms with Gasteiger partial charge in [-0.25, -0.2) is 0 Å². The molecule has 0 N–H and O–H groups in total. The number of piperidine rings is 1. The monoisotopic (exact) mass is 253 g/mol. The lowest BCUT2D eigenvalue weighted by molar-refractivity contribution is -0.130. The first kappa shape index (κ1) is 13.3. The van der Waals surface area contributed by atoms with Gasteiger partial charge < -0.3 is 4.90 Å². The summed E-state index contributed by atoms with van der Waals surface area (Å²) in [4.78, 5) is 13.7. The zero-order valence-corrected chi connectivity index (χ0v) is 11.3. The molecule has 1 aromatic carbocycles. The first-order valence-corrected chi connectivity index (χ1v) is 6.53. The number of likely N-dealkylation sites (tertiary alicyclic amines) is 1. The molecule has 1 aliphatic heterocycles. The molecule has 1 heterocycles. The van der Waals surface area contributed by atoms with E-state index in [9.17, 15) is 4.79 Å². The van der Waals surface area contributed by atoms with Gasteiger partial charge in [-0.05, 0) is 17.6 Å². The fraction of sp³-hybridized carbons (Fsp3) is 0.235. The van der Waals surface area contributed by atoms with Gasteiger partial charge in [0.25, 0.3) is 0 Å². The van der Waals surface area contributed by atoms with Crippen LogP contribution in [0.3, 0.4) is 0 Å². The van der Waals surface area contributed by atoms with Crippen molar-refractivity contribution in [1.29, 1.82) is 0 Å². The quantitative estimate of drug-likeness (QED) is 0.756. The Labute approximate surface area is 114 Å². The maximum Gasteiger partial charge on any atom is 0.226 e. The van der Waals surface area contributed by atoms with Crippen LogP contribution in [0.2, 0.25) is 0 Å². The van der Waals surface area contributed by atoms with Crippen LogP contribution in [0.25, 0.3) is 5.57 Å². The number of hydrogen-bond acceptors (Lipinski definition) is 1. The van der Waals surface area contributed by atoms with E-state index in [1.165, 1.54) is 5.57 Å². The Balaban J connectivity index is 2.40. The minimum absolute atomic E-state index is 0.196. The highest BCUT2D eigenvalue weighted by Crippen LogP contribution is 2.28. The third-order valence-electron chi connectivity index (χ3n) is 3.40. The zero-order chi connectivity index (χ0) is 13.7. The van der Waals surface area contributed by atoms with Crippen molar-refractivity contribution in [2.24, 2.45) is 0 Å². The number of rotatable bonds is 3. The summed E-state index contributed by atoms with van der Waals surface area (Å²) in [5.74, 6) is 0.196. The van der Waals surface area contributed by atoms with Gasteiger partial charge in [-0.15, -0.1) is 0 Å². The molecule has 0 radical (unpaired) electrons. The van der Waals surface area contributed by atoms with Crippen LogP contribution in [-0.4, -0.2) is 24.4 Å². The summed E-state index contributed by atoms with van der Waals surface area (Å²) in [5, 5.41) is 0. The number of amides is 1. The van der Waals surface area contributed by atoms with Gasteiger partial charge in [-0.1, -0.05) is 60.7 Å². The molecule has 19 heavy (non-hydrogen) atoms. The molecule has 0 atom stereocenters. The lowest BCUT2D eigenvalue weighted by atomic mass is 9.92. The molecule has 1 fully saturated rings. The molecule has 2 heteroatoms. The number of benzene rings is 1. The predicted octanol–water partition coefficient (Wildman–Crippen LogP) is 3.43. The van der Waals surface area contributed by atoms with Crippen molar-refractivity contribution < 1.29 is 4.79 Å². The summed E-state index contributed by atoms with van der Waals surface area (Å²) in [7, 11) is 1.86. The highest BCUT2D eigenvalue weighted by molar-refractivity contribution is 5.86. The molecule has 0 aromatic heterocycles. The Kier molecular flexibility index (Phi) is 4.35. The minimum Gasteiger partial charge on any atom is -0.345 e. The van der Waals surface area contributed by atoms with E-state index in [1.54, 1.807) is 11.0 Å². The third kappa shape index (κ3) is 3.22. The van der Waals surface area contributed by atoms with Crippen molar-refractivity contribution in [2.45, 2.75) is 12.8 Å². The van der Waals surface area contributed by atoms with Crippen molar-refractivity contribution in [1.82, 2.24) is 4.90 Å². The number of allylic oxidation sites excluding steroid dienone is 4. The molecule has 98 valence electrons. The summed E-state index contributed by atoms with van der Waals surface area (Å²) >= 11 is 0. The molecule has 1 saturated heterocycles. The normalized spacial score (nSPS) is 18.8. The van der Waals surface area contributed by atoms with Crippen LogP contribution in [0.1, 0.15) is 18.4 Å². The molecule has 2 nitrogen and oxygen atoms in total. The number of hydrogen-bond donors (Lipinski definition) is 0. The van der Waals surface area contributed by atoms with Crippen LogP contribution in [0.4, 0.5) is 0 Å². The first-order valence-electron chi connectivity index (χ1n) is 6.53. The second kappa shape index (κ2) is 6.19. The van der Waals surface area contributed by atoms with Crippen LogP contribution in [0.5, 0.6) is 0 Å². The standard InChI is InChI=1S/C17H19NO/c1-3-4-10-16(14-8-6-5-7-9-14)15-11-12-18(2)17(19)13-15/h3-10H,1,11-13H2,2H3/b10-4-,16-15+. The fourth-order valence-electron chi connectivity index (χ4n) is 2.26. The van der Waals surface area contributed by atoms with Gasteiger partial charge >= 0.3 is 0 Å². The number of nitrogens with zero attached hydrogens (tertiary/aromatic N) is 1. The Hall–Kier alpha value is -2.09. The van der Waals surface area contributed by atoms with Gasteiger partial charge in [0.05, 0.1) is 0 Å². The molecule has 1 aliphatic rings. The summed E-state index contributed by atoms with van der Waals surface area (Å²) in [6, 6.07) is 10.2. The summed E-state index contributed by atoms with van der Waals surface area (Å²) < 4.78 is 0. The van der Waals surface area contributed by atoms with E-state index in [-0.39, 0.29) is 5.91 Å². The molecule has 0 bridgehead atoms. The second-order valence-corrected chi connectivity index (χ2v) is 4.72. The van der Waals surface area contributed by atoms with Crippen molar-refractivity contribution in [3.05, 3.63) is 66.3 Å². The molecule has 0 spiro atoms. The highest BCUT2D eigenvalue weighted by Gasteiger charge is 2.20. The van der Waals surface area contributed by atoms with E-state index in [0.29, 0.717) is 6.42 Å².